The van der Waals surface area contributed by atoms with Crippen LogP contribution in [-0.4, -0.2) is 62.6 Å². The fourth-order valence-electron chi connectivity index (χ4n) is 1.52. The Balaban J connectivity index is 2.95. The van der Waals surface area contributed by atoms with E-state index in [0.29, 0.717) is 11.4 Å². The number of hydrogen-bond acceptors (Lipinski definition) is 3. The maximum atomic E-state index is 12.8. The minimum absolute atomic E-state index is 0.240. The quantitative estimate of drug-likeness (QED) is 0.845. The van der Waals surface area contributed by atoms with Gasteiger partial charge in [0.15, 0.2) is 0 Å². The van der Waals surface area contributed by atoms with Crippen LogP contribution in [0, 0.1) is 0 Å². The highest BCUT2D eigenvalue weighted by molar-refractivity contribution is 7.54. The van der Waals surface area contributed by atoms with E-state index in [-0.39, 0.29) is 6.03 Å². The molecule has 1 N–H and O–H groups in total. The summed E-state index contributed by atoms with van der Waals surface area (Å²) in [6.07, 6.45) is 0. The van der Waals surface area contributed by atoms with E-state index in [0.717, 1.165) is 0 Å². The van der Waals surface area contributed by atoms with E-state index in [1.165, 1.54) is 14.2 Å². The molecule has 1 aromatic rings. The third-order valence-corrected chi connectivity index (χ3v) is 5.20. The fourth-order valence-corrected chi connectivity index (χ4v) is 2.95. The molecule has 2 amide bonds. The number of nitrogens with zero attached hydrogens (tertiary/aromatic N) is 3. The second kappa shape index (κ2) is 6.93. The van der Waals surface area contributed by atoms with Gasteiger partial charge in [-0.1, -0.05) is 6.07 Å². The van der Waals surface area contributed by atoms with Gasteiger partial charge in [0.1, 0.15) is 5.75 Å². The van der Waals surface area contributed by atoms with Gasteiger partial charge < -0.3 is 14.7 Å². The fraction of sp³-hybridized carbons (Fsp3) is 0.462. The number of anilines is 1. The van der Waals surface area contributed by atoms with Crippen molar-refractivity contribution in [3.8, 4) is 5.75 Å². The van der Waals surface area contributed by atoms with Crippen LogP contribution in [0.3, 0.4) is 0 Å². The van der Waals surface area contributed by atoms with Crippen molar-refractivity contribution in [3.63, 3.8) is 0 Å². The largest absolute Gasteiger partial charge is 0.422 e. The summed E-state index contributed by atoms with van der Waals surface area (Å²) in [4.78, 5) is 13.1. The van der Waals surface area contributed by atoms with Crippen LogP contribution in [0.2, 0.25) is 0 Å². The molecule has 0 aliphatic rings. The van der Waals surface area contributed by atoms with E-state index in [1.54, 1.807) is 66.6 Å². The first-order valence-electron chi connectivity index (χ1n) is 6.40. The van der Waals surface area contributed by atoms with E-state index < -0.39 is 7.67 Å². The van der Waals surface area contributed by atoms with Crippen molar-refractivity contribution >= 4 is 19.4 Å². The van der Waals surface area contributed by atoms with Crippen LogP contribution in [-0.2, 0) is 4.57 Å². The molecule has 0 fully saturated rings. The number of carbonyl (C=O) groups is 1. The average Bonchev–Trinajstić information content (AvgIpc) is 2.38. The molecule has 0 heterocycles. The van der Waals surface area contributed by atoms with Crippen molar-refractivity contribution in [1.82, 2.24) is 14.2 Å². The van der Waals surface area contributed by atoms with Crippen molar-refractivity contribution in [2.45, 2.75) is 0 Å². The predicted molar refractivity (Wildman–Crippen MR) is 84.8 cm³/mol. The zero-order valence-corrected chi connectivity index (χ0v) is 14.2. The lowest BCUT2D eigenvalue weighted by molar-refractivity contribution is 0.230. The van der Waals surface area contributed by atoms with Crippen LogP contribution in [0.5, 0.6) is 5.75 Å². The molecule has 0 unspecified atom stereocenters. The van der Waals surface area contributed by atoms with E-state index in [4.69, 9.17) is 4.52 Å². The van der Waals surface area contributed by atoms with Crippen molar-refractivity contribution in [3.05, 3.63) is 24.3 Å². The van der Waals surface area contributed by atoms with E-state index in [2.05, 4.69) is 5.32 Å². The molecular formula is C13H23N4O3P. The Bertz CT molecular complexity index is 534. The third kappa shape index (κ3) is 4.46. The lowest BCUT2D eigenvalue weighted by atomic mass is 10.3. The molecule has 0 spiro atoms. The minimum atomic E-state index is -3.11. The van der Waals surface area contributed by atoms with Crippen molar-refractivity contribution in [2.24, 2.45) is 0 Å². The van der Waals surface area contributed by atoms with Gasteiger partial charge in [0.25, 0.3) is 0 Å². The predicted octanol–water partition coefficient (Wildman–Crippen LogP) is 2.39. The summed E-state index contributed by atoms with van der Waals surface area (Å²) in [7, 11) is 6.97. The number of rotatable bonds is 5. The first-order chi connectivity index (χ1) is 9.66. The first kappa shape index (κ1) is 17.5. The van der Waals surface area contributed by atoms with Crippen LogP contribution in [0.15, 0.2) is 24.3 Å². The summed E-state index contributed by atoms with van der Waals surface area (Å²) in [5.41, 5.74) is 0.579. The van der Waals surface area contributed by atoms with E-state index >= 15 is 0 Å². The molecule has 8 heteroatoms. The summed E-state index contributed by atoms with van der Waals surface area (Å²) in [5.74, 6) is 0.428. The van der Waals surface area contributed by atoms with Gasteiger partial charge >= 0.3 is 13.7 Å². The van der Waals surface area contributed by atoms with Gasteiger partial charge in [0.05, 0.1) is 0 Å². The van der Waals surface area contributed by atoms with Gasteiger partial charge in [-0.2, -0.15) is 0 Å². The molecular weight excluding hydrogens is 291 g/mol. The number of hydrogen-bond donors (Lipinski definition) is 1. The number of benzene rings is 1. The lowest BCUT2D eigenvalue weighted by Crippen LogP contribution is -2.27. The van der Waals surface area contributed by atoms with Crippen molar-refractivity contribution < 1.29 is 13.9 Å². The molecule has 1 rings (SSSR count). The van der Waals surface area contributed by atoms with Gasteiger partial charge in [-0.05, 0) is 40.3 Å². The van der Waals surface area contributed by atoms with Crippen LogP contribution in [0.4, 0.5) is 10.5 Å². The highest BCUT2D eigenvalue weighted by atomic mass is 31.2. The average molecular weight is 314 g/mol. The number of nitrogens with one attached hydrogen (secondary N) is 1. The maximum Gasteiger partial charge on any atom is 0.394 e. The van der Waals surface area contributed by atoms with Gasteiger partial charge in [0, 0.05) is 25.8 Å². The second-order valence-electron chi connectivity index (χ2n) is 5.13. The highest BCUT2D eigenvalue weighted by Gasteiger charge is 2.31. The van der Waals surface area contributed by atoms with Crippen LogP contribution in [0.25, 0.3) is 0 Å². The summed E-state index contributed by atoms with van der Waals surface area (Å²) in [6, 6.07) is 6.57. The zero-order valence-electron chi connectivity index (χ0n) is 13.3. The first-order valence-corrected chi connectivity index (χ1v) is 7.93. The molecule has 0 bridgehead atoms. The van der Waals surface area contributed by atoms with Crippen molar-refractivity contribution in [2.75, 3.05) is 47.6 Å². The normalized spacial score (nSPS) is 11.6. The zero-order chi connectivity index (χ0) is 16.2. The molecule has 21 heavy (non-hydrogen) atoms. The van der Waals surface area contributed by atoms with Gasteiger partial charge in [0.2, 0.25) is 0 Å². The van der Waals surface area contributed by atoms with Gasteiger partial charge in [-0.25, -0.2) is 18.7 Å². The summed E-state index contributed by atoms with van der Waals surface area (Å²) < 4.78 is 21.5. The van der Waals surface area contributed by atoms with Crippen LogP contribution in [0.1, 0.15) is 0 Å². The monoisotopic (exact) mass is 314 g/mol. The Morgan fingerprint density at radius 2 is 1.67 bits per heavy atom. The molecule has 0 aliphatic carbocycles. The number of amides is 2. The van der Waals surface area contributed by atoms with Gasteiger partial charge in [-0.3, -0.25) is 0 Å². The van der Waals surface area contributed by atoms with E-state index in [1.807, 2.05) is 0 Å². The Kier molecular flexibility index (Phi) is 5.78. The Labute approximate surface area is 126 Å². The SMILES string of the molecule is CN(C)C(=O)Nc1cccc(OP(=O)(N(C)C)N(C)C)c1. The molecule has 0 saturated carbocycles. The molecule has 0 aromatic heterocycles. The molecule has 1 aromatic carbocycles. The smallest absolute Gasteiger partial charge is 0.394 e. The molecule has 0 aliphatic heterocycles. The third-order valence-electron chi connectivity index (χ3n) is 2.73. The van der Waals surface area contributed by atoms with Crippen molar-refractivity contribution in [1.29, 1.82) is 0 Å². The Morgan fingerprint density at radius 3 is 2.14 bits per heavy atom. The summed E-state index contributed by atoms with van der Waals surface area (Å²) in [6.45, 7) is 0. The molecule has 0 radical (unpaired) electrons. The van der Waals surface area contributed by atoms with Crippen LogP contribution >= 0.6 is 7.67 Å². The summed E-state index contributed by atoms with van der Waals surface area (Å²) >= 11 is 0. The number of urea groups is 1. The van der Waals surface area contributed by atoms with E-state index in [9.17, 15) is 9.36 Å². The second-order valence-corrected chi connectivity index (χ2v) is 7.89. The molecule has 118 valence electrons. The van der Waals surface area contributed by atoms with Gasteiger partial charge in [-0.15, -0.1) is 0 Å². The lowest BCUT2D eigenvalue weighted by Gasteiger charge is -2.29. The summed E-state index contributed by atoms with van der Waals surface area (Å²) in [5, 5.41) is 2.72. The Morgan fingerprint density at radius 1 is 1.10 bits per heavy atom. The van der Waals surface area contributed by atoms with Crippen LogP contribution < -0.4 is 9.84 Å². The minimum Gasteiger partial charge on any atom is -0.422 e. The molecule has 0 atom stereocenters. The maximum absolute atomic E-state index is 12.8. The Hall–Kier alpha value is -1.56. The highest BCUT2D eigenvalue weighted by Crippen LogP contribution is 2.50. The topological polar surface area (TPSA) is 65.1 Å². The molecule has 7 nitrogen and oxygen atoms in total. The number of carbonyl (C=O) groups excluding carboxylic acids is 1. The standard InChI is InChI=1S/C13H23N4O3P/c1-15(2)13(18)14-11-8-7-9-12(10-11)20-21(19,16(3)4)17(5)6/h7-10H,1-6H3,(H,14,18). The molecule has 0 saturated heterocycles.